The maximum Gasteiger partial charge on any atom is -0.0328 e. The largest absolute Gasteiger partial charge is 0.0654 e. The molecule has 0 aliphatic carbocycles. The van der Waals surface area contributed by atoms with Crippen molar-refractivity contribution in [3.63, 3.8) is 0 Å². The van der Waals surface area contributed by atoms with Crippen molar-refractivity contribution >= 4 is 0 Å². The molecule has 14 heavy (non-hydrogen) atoms. The van der Waals surface area contributed by atoms with E-state index in [4.69, 9.17) is 0 Å². The Bertz CT molecular complexity index is 117. The summed E-state index contributed by atoms with van der Waals surface area (Å²) in [5.41, 5.74) is 0.622. The predicted molar refractivity (Wildman–Crippen MR) is 66.4 cm³/mol. The standard InChI is InChI=1S/C14H29/c1-5-8-10-11-13-14(4,7-3)12-9-6-2/h1,5-13H2,2-4H3. The molecule has 1 unspecified atom stereocenters. The van der Waals surface area contributed by atoms with Crippen LogP contribution in [-0.4, -0.2) is 0 Å². The van der Waals surface area contributed by atoms with Gasteiger partial charge in [0.15, 0.2) is 0 Å². The Hall–Kier alpha value is 0. The summed E-state index contributed by atoms with van der Waals surface area (Å²) in [6.45, 7) is 11.0. The fourth-order valence-corrected chi connectivity index (χ4v) is 1.99. The molecule has 0 fully saturated rings. The van der Waals surface area contributed by atoms with Gasteiger partial charge in [-0.1, -0.05) is 72.6 Å². The van der Waals surface area contributed by atoms with Crippen molar-refractivity contribution in [3.8, 4) is 0 Å². The zero-order chi connectivity index (χ0) is 10.9. The van der Waals surface area contributed by atoms with Gasteiger partial charge >= 0.3 is 0 Å². The first-order valence-corrected chi connectivity index (χ1v) is 6.47. The average molecular weight is 197 g/mol. The Labute approximate surface area is 91.5 Å². The molecular formula is C14H29. The molecule has 0 amide bonds. The second kappa shape index (κ2) is 8.32. The Morgan fingerprint density at radius 3 is 2.07 bits per heavy atom. The summed E-state index contributed by atoms with van der Waals surface area (Å²) in [4.78, 5) is 0. The van der Waals surface area contributed by atoms with Crippen LogP contribution in [0.3, 0.4) is 0 Å². The molecule has 0 aromatic carbocycles. The van der Waals surface area contributed by atoms with Crippen molar-refractivity contribution in [2.45, 2.75) is 78.6 Å². The molecule has 0 saturated carbocycles. The number of rotatable bonds is 9. The van der Waals surface area contributed by atoms with Crippen LogP contribution < -0.4 is 0 Å². The molecule has 85 valence electrons. The number of hydrogen-bond donors (Lipinski definition) is 0. The summed E-state index contributed by atoms with van der Waals surface area (Å²) < 4.78 is 0. The van der Waals surface area contributed by atoms with E-state index in [1.165, 1.54) is 51.4 Å². The molecule has 0 bridgehead atoms. The van der Waals surface area contributed by atoms with Crippen molar-refractivity contribution < 1.29 is 0 Å². The van der Waals surface area contributed by atoms with Gasteiger partial charge < -0.3 is 0 Å². The minimum absolute atomic E-state index is 0.622. The van der Waals surface area contributed by atoms with E-state index in [0.717, 1.165) is 6.42 Å². The molecule has 0 spiro atoms. The second-order valence-electron chi connectivity index (χ2n) is 4.93. The molecule has 0 aliphatic rings. The minimum Gasteiger partial charge on any atom is -0.0654 e. The number of unbranched alkanes of at least 4 members (excludes halogenated alkanes) is 4. The Balaban J connectivity index is 3.63. The van der Waals surface area contributed by atoms with Gasteiger partial charge in [-0.05, 0) is 18.3 Å². The second-order valence-corrected chi connectivity index (χ2v) is 4.93. The fraction of sp³-hybridized carbons (Fsp3) is 0.929. The maximum atomic E-state index is 3.89. The minimum atomic E-state index is 0.622. The normalized spacial score (nSPS) is 15.4. The molecular weight excluding hydrogens is 168 g/mol. The SMILES string of the molecule is [CH2]CCCCCC(C)(CC)CCCC. The summed E-state index contributed by atoms with van der Waals surface area (Å²) >= 11 is 0. The molecule has 0 aliphatic heterocycles. The lowest BCUT2D eigenvalue weighted by atomic mass is 9.78. The first-order chi connectivity index (χ1) is 6.68. The fourth-order valence-electron chi connectivity index (χ4n) is 1.99. The molecule has 1 atom stereocenters. The summed E-state index contributed by atoms with van der Waals surface area (Å²) in [7, 11) is 0. The summed E-state index contributed by atoms with van der Waals surface area (Å²) in [5.74, 6) is 0. The summed E-state index contributed by atoms with van der Waals surface area (Å²) in [6.07, 6.45) is 12.1. The maximum absolute atomic E-state index is 3.89. The first-order valence-electron chi connectivity index (χ1n) is 6.47. The van der Waals surface area contributed by atoms with Gasteiger partial charge in [-0.25, -0.2) is 0 Å². The van der Waals surface area contributed by atoms with Crippen molar-refractivity contribution in [3.05, 3.63) is 6.92 Å². The lowest BCUT2D eigenvalue weighted by Gasteiger charge is -2.28. The van der Waals surface area contributed by atoms with Crippen molar-refractivity contribution in [1.29, 1.82) is 0 Å². The molecule has 0 aromatic heterocycles. The highest BCUT2D eigenvalue weighted by atomic mass is 14.3. The Kier molecular flexibility index (Phi) is 8.32. The molecule has 0 heteroatoms. The molecule has 0 saturated heterocycles. The zero-order valence-electron chi connectivity index (χ0n) is 10.6. The van der Waals surface area contributed by atoms with Crippen LogP contribution in [0.5, 0.6) is 0 Å². The highest BCUT2D eigenvalue weighted by Gasteiger charge is 2.20. The zero-order valence-corrected chi connectivity index (χ0v) is 10.6. The van der Waals surface area contributed by atoms with E-state index in [-0.39, 0.29) is 0 Å². The van der Waals surface area contributed by atoms with Crippen LogP contribution in [0.25, 0.3) is 0 Å². The molecule has 0 heterocycles. The third-order valence-electron chi connectivity index (χ3n) is 3.52. The summed E-state index contributed by atoms with van der Waals surface area (Å²) in [5, 5.41) is 0. The monoisotopic (exact) mass is 197 g/mol. The van der Waals surface area contributed by atoms with Gasteiger partial charge in [0.25, 0.3) is 0 Å². The third-order valence-corrected chi connectivity index (χ3v) is 3.52. The molecule has 0 aromatic rings. The number of hydrogen-bond acceptors (Lipinski definition) is 0. The van der Waals surface area contributed by atoms with E-state index < -0.39 is 0 Å². The Morgan fingerprint density at radius 2 is 1.57 bits per heavy atom. The lowest BCUT2D eigenvalue weighted by Crippen LogP contribution is -2.14. The van der Waals surface area contributed by atoms with E-state index >= 15 is 0 Å². The van der Waals surface area contributed by atoms with Gasteiger partial charge in [0.2, 0.25) is 0 Å². The van der Waals surface area contributed by atoms with Gasteiger partial charge in [0.1, 0.15) is 0 Å². The highest BCUT2D eigenvalue weighted by molar-refractivity contribution is 4.72. The van der Waals surface area contributed by atoms with Crippen LogP contribution in [0.2, 0.25) is 0 Å². The average Bonchev–Trinajstić information content (AvgIpc) is 2.22. The molecule has 0 N–H and O–H groups in total. The molecule has 1 radical (unpaired) electrons. The molecule has 0 rings (SSSR count). The van der Waals surface area contributed by atoms with Crippen LogP contribution >= 0.6 is 0 Å². The van der Waals surface area contributed by atoms with Gasteiger partial charge in [-0.3, -0.25) is 0 Å². The quantitative estimate of drug-likeness (QED) is 0.435. The van der Waals surface area contributed by atoms with E-state index in [1.807, 2.05) is 0 Å². The van der Waals surface area contributed by atoms with Gasteiger partial charge in [0.05, 0.1) is 0 Å². The third kappa shape index (κ3) is 6.45. The highest BCUT2D eigenvalue weighted by Crippen LogP contribution is 2.33. The van der Waals surface area contributed by atoms with E-state index in [0.29, 0.717) is 5.41 Å². The van der Waals surface area contributed by atoms with E-state index in [1.54, 1.807) is 0 Å². The van der Waals surface area contributed by atoms with Crippen LogP contribution in [0.4, 0.5) is 0 Å². The van der Waals surface area contributed by atoms with Gasteiger partial charge in [-0.2, -0.15) is 0 Å². The topological polar surface area (TPSA) is 0 Å². The van der Waals surface area contributed by atoms with Crippen molar-refractivity contribution in [1.82, 2.24) is 0 Å². The van der Waals surface area contributed by atoms with Crippen LogP contribution in [0.1, 0.15) is 78.6 Å². The predicted octanol–water partition coefficient (Wildman–Crippen LogP) is 5.38. The van der Waals surface area contributed by atoms with Crippen LogP contribution in [0, 0.1) is 12.3 Å². The smallest absolute Gasteiger partial charge is 0.0328 e. The lowest BCUT2D eigenvalue weighted by molar-refractivity contribution is 0.244. The van der Waals surface area contributed by atoms with E-state index in [9.17, 15) is 0 Å². The van der Waals surface area contributed by atoms with Gasteiger partial charge in [-0.15, -0.1) is 0 Å². The van der Waals surface area contributed by atoms with Crippen molar-refractivity contribution in [2.24, 2.45) is 5.41 Å². The van der Waals surface area contributed by atoms with Crippen molar-refractivity contribution in [2.75, 3.05) is 0 Å². The van der Waals surface area contributed by atoms with Crippen LogP contribution in [-0.2, 0) is 0 Å². The summed E-state index contributed by atoms with van der Waals surface area (Å²) in [6, 6.07) is 0. The first kappa shape index (κ1) is 14.0. The Morgan fingerprint density at radius 1 is 0.929 bits per heavy atom. The van der Waals surface area contributed by atoms with E-state index in [2.05, 4.69) is 27.7 Å². The van der Waals surface area contributed by atoms with Crippen LogP contribution in [0.15, 0.2) is 0 Å². The van der Waals surface area contributed by atoms with Gasteiger partial charge in [0, 0.05) is 0 Å². The molecule has 0 nitrogen and oxygen atoms in total.